The van der Waals surface area contributed by atoms with Crippen LogP contribution >= 0.6 is 0 Å². The van der Waals surface area contributed by atoms with Crippen molar-refractivity contribution in [2.24, 2.45) is 0 Å². The van der Waals surface area contributed by atoms with Gasteiger partial charge in [0, 0.05) is 18.7 Å². The molecular formula is C13H19N3O7. The zero-order valence-electron chi connectivity index (χ0n) is 12.9. The molecule has 10 heteroatoms. The van der Waals surface area contributed by atoms with Gasteiger partial charge in [0.2, 0.25) is 0 Å². The van der Waals surface area contributed by atoms with Crippen molar-refractivity contribution in [1.29, 1.82) is 0 Å². The predicted octanol–water partition coefficient (Wildman–Crippen LogP) is 1.75. The Bertz CT molecular complexity index is 511. The van der Waals surface area contributed by atoms with Crippen LogP contribution in [0.15, 0.2) is 24.3 Å². The van der Waals surface area contributed by atoms with Gasteiger partial charge in [-0.25, -0.2) is 4.79 Å². The molecule has 0 aliphatic heterocycles. The fourth-order valence-corrected chi connectivity index (χ4v) is 1.61. The number of non-ortho nitro benzene ring substituents is 1. The maximum absolute atomic E-state index is 11.7. The molecule has 0 unspecified atom stereocenters. The second-order valence-corrected chi connectivity index (χ2v) is 4.20. The molecule has 0 spiro atoms. The van der Waals surface area contributed by atoms with Gasteiger partial charge in [0.1, 0.15) is 6.61 Å². The van der Waals surface area contributed by atoms with Crippen molar-refractivity contribution >= 4 is 11.7 Å². The Kier molecular flexibility index (Phi) is 9.60. The third-order valence-corrected chi connectivity index (χ3v) is 2.85. The highest BCUT2D eigenvalue weighted by Crippen LogP contribution is 2.12. The molecule has 23 heavy (non-hydrogen) atoms. The van der Waals surface area contributed by atoms with Crippen LogP contribution in [0, 0.1) is 20.2 Å². The molecule has 0 amide bonds. The number of benzene rings is 1. The van der Waals surface area contributed by atoms with Crippen molar-refractivity contribution in [3.8, 4) is 0 Å². The van der Waals surface area contributed by atoms with Gasteiger partial charge in [0.15, 0.2) is 0 Å². The maximum atomic E-state index is 11.7. The van der Waals surface area contributed by atoms with Gasteiger partial charge in [0.25, 0.3) is 10.8 Å². The second-order valence-electron chi connectivity index (χ2n) is 4.20. The summed E-state index contributed by atoms with van der Waals surface area (Å²) in [7, 11) is 0. The van der Waals surface area contributed by atoms with E-state index >= 15 is 0 Å². The minimum absolute atomic E-state index is 0.0420. The SMILES string of the molecule is CCN(CC)CCOC(=O)c1ccc([N+](=O)[O-])cc1.O=[N+]([O-])O. The highest BCUT2D eigenvalue weighted by molar-refractivity contribution is 5.89. The van der Waals surface area contributed by atoms with Gasteiger partial charge in [0.05, 0.1) is 10.5 Å². The number of carbonyl (C=O) groups excluding carboxylic acids is 1. The van der Waals surface area contributed by atoms with Crippen LogP contribution in [0.5, 0.6) is 0 Å². The molecule has 10 nitrogen and oxygen atoms in total. The Labute approximate surface area is 132 Å². The fraction of sp³-hybridized carbons (Fsp3) is 0.462. The molecule has 1 rings (SSSR count). The first-order valence-electron chi connectivity index (χ1n) is 6.79. The smallest absolute Gasteiger partial charge is 0.338 e. The third-order valence-electron chi connectivity index (χ3n) is 2.85. The van der Waals surface area contributed by atoms with E-state index < -0.39 is 16.0 Å². The van der Waals surface area contributed by atoms with Crippen LogP contribution in [0.25, 0.3) is 0 Å². The molecule has 0 fully saturated rings. The number of carbonyl (C=O) groups is 1. The lowest BCUT2D eigenvalue weighted by Crippen LogP contribution is -2.27. The van der Waals surface area contributed by atoms with Crippen LogP contribution in [-0.4, -0.2) is 52.3 Å². The summed E-state index contributed by atoms with van der Waals surface area (Å²) < 4.78 is 5.11. The number of esters is 1. The van der Waals surface area contributed by atoms with E-state index in [1.54, 1.807) is 0 Å². The number of hydrogen-bond donors (Lipinski definition) is 1. The van der Waals surface area contributed by atoms with Gasteiger partial charge in [-0.1, -0.05) is 13.8 Å². The van der Waals surface area contributed by atoms with E-state index in [1.165, 1.54) is 24.3 Å². The summed E-state index contributed by atoms with van der Waals surface area (Å²) in [4.78, 5) is 32.2. The fourth-order valence-electron chi connectivity index (χ4n) is 1.61. The van der Waals surface area contributed by atoms with Crippen molar-refractivity contribution in [3.05, 3.63) is 50.1 Å². The predicted molar refractivity (Wildman–Crippen MR) is 79.9 cm³/mol. The average molecular weight is 329 g/mol. The number of nitro benzene ring substituents is 1. The van der Waals surface area contributed by atoms with E-state index in [1.807, 2.05) is 13.8 Å². The molecular weight excluding hydrogens is 310 g/mol. The molecule has 1 N–H and O–H groups in total. The molecule has 0 atom stereocenters. The van der Waals surface area contributed by atoms with Gasteiger partial charge >= 0.3 is 5.97 Å². The number of nitro groups is 1. The Balaban J connectivity index is 0.00000108. The molecule has 1 aromatic rings. The minimum atomic E-state index is -1.50. The van der Waals surface area contributed by atoms with Gasteiger partial charge < -0.3 is 14.8 Å². The van der Waals surface area contributed by atoms with Gasteiger partial charge in [-0.05, 0) is 25.2 Å². The van der Waals surface area contributed by atoms with Gasteiger partial charge in [-0.15, -0.1) is 10.1 Å². The summed E-state index contributed by atoms with van der Waals surface area (Å²) in [6.07, 6.45) is 0. The molecule has 0 aromatic heterocycles. The first-order valence-corrected chi connectivity index (χ1v) is 6.79. The molecule has 0 saturated heterocycles. The summed E-state index contributed by atoms with van der Waals surface area (Å²) in [5, 5.41) is 24.1. The third kappa shape index (κ3) is 8.98. The quantitative estimate of drug-likeness (QED) is 0.454. The minimum Gasteiger partial charge on any atom is -0.461 e. The van der Waals surface area contributed by atoms with Crippen LogP contribution in [0.1, 0.15) is 24.2 Å². The van der Waals surface area contributed by atoms with Crippen LogP contribution in [0.3, 0.4) is 0 Å². The lowest BCUT2D eigenvalue weighted by molar-refractivity contribution is -0.742. The normalized spacial score (nSPS) is 9.70. The molecule has 0 heterocycles. The Morgan fingerprint density at radius 1 is 1.17 bits per heavy atom. The summed E-state index contributed by atoms with van der Waals surface area (Å²) in [5.41, 5.74) is 0.282. The number of ether oxygens (including phenoxy) is 1. The summed E-state index contributed by atoms with van der Waals surface area (Å²) in [6, 6.07) is 5.39. The zero-order chi connectivity index (χ0) is 17.8. The lowest BCUT2D eigenvalue weighted by Gasteiger charge is -2.17. The van der Waals surface area contributed by atoms with E-state index in [4.69, 9.17) is 20.1 Å². The molecule has 0 bridgehead atoms. The topological polar surface area (TPSA) is 136 Å². The van der Waals surface area contributed by atoms with Crippen LogP contribution in [0.4, 0.5) is 5.69 Å². The van der Waals surface area contributed by atoms with E-state index in [-0.39, 0.29) is 5.69 Å². The van der Waals surface area contributed by atoms with Crippen molar-refractivity contribution in [2.45, 2.75) is 13.8 Å². The van der Waals surface area contributed by atoms with Gasteiger partial charge in [-0.3, -0.25) is 10.1 Å². The summed E-state index contributed by atoms with van der Waals surface area (Å²) >= 11 is 0. The van der Waals surface area contributed by atoms with E-state index in [0.29, 0.717) is 18.7 Å². The number of likely N-dealkylation sites (N-methyl/N-ethyl adjacent to an activating group) is 1. The summed E-state index contributed by atoms with van der Waals surface area (Å²) in [5.74, 6) is -0.456. The largest absolute Gasteiger partial charge is 0.461 e. The monoisotopic (exact) mass is 329 g/mol. The lowest BCUT2D eigenvalue weighted by atomic mass is 10.2. The highest BCUT2D eigenvalue weighted by atomic mass is 16.9. The van der Waals surface area contributed by atoms with E-state index in [0.717, 1.165) is 13.1 Å². The second kappa shape index (κ2) is 10.9. The first kappa shape index (κ1) is 20.2. The maximum Gasteiger partial charge on any atom is 0.338 e. The van der Waals surface area contributed by atoms with Crippen LogP contribution < -0.4 is 0 Å². The average Bonchev–Trinajstić information content (AvgIpc) is 2.51. The van der Waals surface area contributed by atoms with E-state index in [9.17, 15) is 14.9 Å². The Hall–Kier alpha value is -2.75. The molecule has 0 aliphatic rings. The molecule has 0 aliphatic carbocycles. The van der Waals surface area contributed by atoms with Crippen molar-refractivity contribution in [2.75, 3.05) is 26.2 Å². The molecule has 0 saturated carbocycles. The van der Waals surface area contributed by atoms with Crippen LogP contribution in [0.2, 0.25) is 0 Å². The Morgan fingerprint density at radius 3 is 2.04 bits per heavy atom. The summed E-state index contributed by atoms with van der Waals surface area (Å²) in [6.45, 7) is 6.91. The highest BCUT2D eigenvalue weighted by Gasteiger charge is 2.10. The first-order chi connectivity index (χ1) is 10.8. The standard InChI is InChI=1S/C13H18N2O4.HNO3/c1-3-14(4-2)9-10-19-13(16)11-5-7-12(8-6-11)15(17)18;2-1(3)4/h5-8H,3-4,9-10H2,1-2H3;(H,2,3,4). The molecule has 0 radical (unpaired) electrons. The van der Waals surface area contributed by atoms with Crippen molar-refractivity contribution < 1.29 is 24.7 Å². The number of nitrogens with zero attached hydrogens (tertiary/aromatic N) is 3. The van der Waals surface area contributed by atoms with Crippen LogP contribution in [-0.2, 0) is 4.74 Å². The van der Waals surface area contributed by atoms with Crippen molar-refractivity contribution in [3.63, 3.8) is 0 Å². The van der Waals surface area contributed by atoms with Gasteiger partial charge in [-0.2, -0.15) is 0 Å². The Morgan fingerprint density at radius 2 is 1.65 bits per heavy atom. The van der Waals surface area contributed by atoms with E-state index in [2.05, 4.69) is 4.90 Å². The number of hydrogen-bond acceptors (Lipinski definition) is 7. The number of rotatable bonds is 7. The van der Waals surface area contributed by atoms with Crippen molar-refractivity contribution in [1.82, 2.24) is 4.90 Å². The molecule has 128 valence electrons. The molecule has 1 aromatic carbocycles. The zero-order valence-corrected chi connectivity index (χ0v) is 12.9.